The summed E-state index contributed by atoms with van der Waals surface area (Å²) in [5.74, 6) is -0.158. The summed E-state index contributed by atoms with van der Waals surface area (Å²) >= 11 is 0. The first kappa shape index (κ1) is 19.2. The third-order valence-electron chi connectivity index (χ3n) is 5.31. The minimum absolute atomic E-state index is 0.312. The van der Waals surface area contributed by atoms with Crippen molar-refractivity contribution in [3.05, 3.63) is 23.8 Å². The van der Waals surface area contributed by atoms with Gasteiger partial charge in [-0.2, -0.15) is 0 Å². The van der Waals surface area contributed by atoms with Crippen LogP contribution in [0.4, 0.5) is 11.4 Å². The van der Waals surface area contributed by atoms with Crippen LogP contribution in [0, 0.1) is 12.3 Å². The fourth-order valence-corrected chi connectivity index (χ4v) is 3.82. The number of rotatable bonds is 5. The van der Waals surface area contributed by atoms with Crippen LogP contribution in [0.25, 0.3) is 0 Å². The Kier molecular flexibility index (Phi) is 5.65. The molecule has 2 fully saturated rings. The largest absolute Gasteiger partial charge is 0.398 e. The van der Waals surface area contributed by atoms with Gasteiger partial charge >= 0.3 is 0 Å². The van der Waals surface area contributed by atoms with Crippen molar-refractivity contribution in [1.82, 2.24) is 0 Å². The normalized spacial score (nSPS) is 20.5. The summed E-state index contributed by atoms with van der Waals surface area (Å²) in [6.45, 7) is 3.61. The number of aryl methyl sites for hydroxylation is 1. The Hall–Kier alpha value is -2.61. The van der Waals surface area contributed by atoms with Gasteiger partial charge in [0.05, 0.1) is 6.61 Å². The van der Waals surface area contributed by atoms with Crippen LogP contribution in [0.3, 0.4) is 0 Å². The molecular weight excluding hydrogens is 348 g/mol. The molecule has 8 heteroatoms. The van der Waals surface area contributed by atoms with Gasteiger partial charge in [0.15, 0.2) is 5.84 Å². The molecule has 0 unspecified atom stereocenters. The number of amidine groups is 1. The number of ether oxygens (including phenoxy) is 1. The number of nitrogens with one attached hydrogen (secondary N) is 1. The van der Waals surface area contributed by atoms with E-state index in [1.54, 1.807) is 0 Å². The van der Waals surface area contributed by atoms with Gasteiger partial charge in [-0.15, -0.1) is 0 Å². The van der Waals surface area contributed by atoms with Gasteiger partial charge < -0.3 is 25.5 Å². The number of nitrogens with two attached hydrogens (primary N) is 1. The third-order valence-corrected chi connectivity index (χ3v) is 5.31. The number of anilines is 2. The summed E-state index contributed by atoms with van der Waals surface area (Å²) in [4.78, 5) is 31.6. The van der Waals surface area contributed by atoms with E-state index in [0.717, 1.165) is 24.1 Å². The van der Waals surface area contributed by atoms with Gasteiger partial charge in [-0.05, 0) is 43.5 Å². The van der Waals surface area contributed by atoms with Crippen molar-refractivity contribution in [3.8, 4) is 0 Å². The molecule has 8 nitrogen and oxygen atoms in total. The molecule has 0 bridgehead atoms. The van der Waals surface area contributed by atoms with Crippen molar-refractivity contribution >= 4 is 29.0 Å². The van der Waals surface area contributed by atoms with Gasteiger partial charge in [-0.1, -0.05) is 18.0 Å². The average molecular weight is 374 g/mol. The monoisotopic (exact) mass is 374 g/mol. The number of benzene rings is 1. The molecule has 1 saturated carbocycles. The molecule has 3 rings (SSSR count). The summed E-state index contributed by atoms with van der Waals surface area (Å²) in [5.41, 5.74) is 7.04. The second kappa shape index (κ2) is 7.96. The van der Waals surface area contributed by atoms with E-state index in [1.165, 1.54) is 7.11 Å². The van der Waals surface area contributed by atoms with Gasteiger partial charge in [0.25, 0.3) is 0 Å². The lowest BCUT2D eigenvalue weighted by Gasteiger charge is -2.31. The SMILES string of the molecule is CON=C1COCCN1c1ccc(NC(=O)C2(C(N)=O)CCCC2)cc1C. The number of carbonyl (C=O) groups excluding carboxylic acids is 2. The molecular formula is C19H26N4O4. The van der Waals surface area contributed by atoms with Crippen LogP contribution >= 0.6 is 0 Å². The molecule has 2 amide bonds. The molecule has 0 spiro atoms. The Bertz CT molecular complexity index is 756. The first-order chi connectivity index (χ1) is 13.0. The zero-order valence-electron chi connectivity index (χ0n) is 15.8. The van der Waals surface area contributed by atoms with Crippen molar-refractivity contribution in [2.24, 2.45) is 16.3 Å². The van der Waals surface area contributed by atoms with E-state index < -0.39 is 11.3 Å². The lowest BCUT2D eigenvalue weighted by Crippen LogP contribution is -2.45. The molecule has 27 heavy (non-hydrogen) atoms. The summed E-state index contributed by atoms with van der Waals surface area (Å²) in [6, 6.07) is 5.63. The number of nitrogens with zero attached hydrogens (tertiary/aromatic N) is 2. The molecule has 1 aliphatic heterocycles. The third kappa shape index (κ3) is 3.75. The molecule has 0 atom stereocenters. The zero-order valence-corrected chi connectivity index (χ0v) is 15.8. The predicted octanol–water partition coefficient (Wildman–Crippen LogP) is 1.78. The van der Waals surface area contributed by atoms with E-state index in [1.807, 2.05) is 30.0 Å². The topological polar surface area (TPSA) is 106 Å². The number of hydrogen-bond donors (Lipinski definition) is 2. The second-order valence-electron chi connectivity index (χ2n) is 7.00. The van der Waals surface area contributed by atoms with Crippen molar-refractivity contribution in [3.63, 3.8) is 0 Å². The fourth-order valence-electron chi connectivity index (χ4n) is 3.82. The lowest BCUT2D eigenvalue weighted by molar-refractivity contribution is -0.138. The van der Waals surface area contributed by atoms with Crippen LogP contribution in [-0.4, -0.2) is 44.5 Å². The van der Waals surface area contributed by atoms with Gasteiger partial charge in [-0.25, -0.2) is 0 Å². The van der Waals surface area contributed by atoms with Crippen LogP contribution in [0.1, 0.15) is 31.2 Å². The highest BCUT2D eigenvalue weighted by molar-refractivity contribution is 6.10. The van der Waals surface area contributed by atoms with Gasteiger partial charge in [0, 0.05) is 17.9 Å². The summed E-state index contributed by atoms with van der Waals surface area (Å²) in [7, 11) is 1.50. The Morgan fingerprint density at radius 3 is 2.70 bits per heavy atom. The number of amides is 2. The molecule has 0 aromatic heterocycles. The number of oxime groups is 1. The van der Waals surface area contributed by atoms with Crippen LogP contribution in [-0.2, 0) is 19.2 Å². The Morgan fingerprint density at radius 2 is 2.07 bits per heavy atom. The van der Waals surface area contributed by atoms with Crippen molar-refractivity contribution in [1.29, 1.82) is 0 Å². The Morgan fingerprint density at radius 1 is 1.33 bits per heavy atom. The van der Waals surface area contributed by atoms with Crippen molar-refractivity contribution in [2.75, 3.05) is 37.1 Å². The minimum Gasteiger partial charge on any atom is -0.398 e. The first-order valence-electron chi connectivity index (χ1n) is 9.15. The van der Waals surface area contributed by atoms with E-state index >= 15 is 0 Å². The average Bonchev–Trinajstić information content (AvgIpc) is 3.14. The van der Waals surface area contributed by atoms with Crippen LogP contribution < -0.4 is 16.0 Å². The molecule has 1 saturated heterocycles. The van der Waals surface area contributed by atoms with Crippen LogP contribution in [0.5, 0.6) is 0 Å². The number of hydrogen-bond acceptors (Lipinski definition) is 5. The standard InChI is InChI=1S/C19H26N4O4/c1-13-11-14(21-18(25)19(17(20)24)7-3-4-8-19)5-6-15(13)23-9-10-27-12-16(23)22-26-2/h5-6,11H,3-4,7-10,12H2,1-2H3,(H2,20,24)(H,21,25). The van der Waals surface area contributed by atoms with E-state index in [9.17, 15) is 9.59 Å². The maximum Gasteiger partial charge on any atom is 0.240 e. The highest BCUT2D eigenvalue weighted by Gasteiger charge is 2.46. The van der Waals surface area contributed by atoms with Crippen molar-refractivity contribution < 1.29 is 19.2 Å². The molecule has 0 radical (unpaired) electrons. The quantitative estimate of drug-likeness (QED) is 0.603. The zero-order chi connectivity index (χ0) is 19.4. The lowest BCUT2D eigenvalue weighted by atomic mass is 9.84. The van der Waals surface area contributed by atoms with Crippen LogP contribution in [0.15, 0.2) is 23.4 Å². The van der Waals surface area contributed by atoms with E-state index in [0.29, 0.717) is 44.1 Å². The summed E-state index contributed by atoms with van der Waals surface area (Å²) < 4.78 is 5.44. The molecule has 3 N–H and O–H groups in total. The molecule has 2 aliphatic rings. The number of morpholine rings is 1. The molecule has 1 aromatic carbocycles. The van der Waals surface area contributed by atoms with Gasteiger partial charge in [0.1, 0.15) is 19.1 Å². The van der Waals surface area contributed by atoms with Crippen molar-refractivity contribution in [2.45, 2.75) is 32.6 Å². The van der Waals surface area contributed by atoms with Gasteiger partial charge in [-0.3, -0.25) is 9.59 Å². The highest BCUT2D eigenvalue weighted by atomic mass is 16.6. The number of carbonyl (C=O) groups is 2. The molecule has 1 aromatic rings. The number of primary amides is 1. The van der Waals surface area contributed by atoms with E-state index in [-0.39, 0.29) is 5.91 Å². The van der Waals surface area contributed by atoms with Gasteiger partial charge in [0.2, 0.25) is 11.8 Å². The molecule has 1 aliphatic carbocycles. The summed E-state index contributed by atoms with van der Waals surface area (Å²) in [6.07, 6.45) is 2.70. The van der Waals surface area contributed by atoms with E-state index in [4.69, 9.17) is 15.3 Å². The Labute approximate surface area is 158 Å². The molecule has 1 heterocycles. The second-order valence-corrected chi connectivity index (χ2v) is 7.00. The fraction of sp³-hybridized carbons (Fsp3) is 0.526. The predicted molar refractivity (Wildman–Crippen MR) is 103 cm³/mol. The minimum atomic E-state index is -1.09. The summed E-state index contributed by atoms with van der Waals surface area (Å²) in [5, 5.41) is 6.91. The van der Waals surface area contributed by atoms with Crippen LogP contribution in [0.2, 0.25) is 0 Å². The Balaban J connectivity index is 1.79. The first-order valence-corrected chi connectivity index (χ1v) is 9.15. The maximum absolute atomic E-state index is 12.7. The molecule has 146 valence electrons. The maximum atomic E-state index is 12.7. The van der Waals surface area contributed by atoms with E-state index in [2.05, 4.69) is 10.5 Å². The highest BCUT2D eigenvalue weighted by Crippen LogP contribution is 2.39. The smallest absolute Gasteiger partial charge is 0.240 e.